The van der Waals surface area contributed by atoms with E-state index in [1.807, 2.05) is 24.3 Å². The summed E-state index contributed by atoms with van der Waals surface area (Å²) >= 11 is 3.41. The van der Waals surface area contributed by atoms with Crippen molar-refractivity contribution in [1.29, 1.82) is 0 Å². The molecule has 0 aliphatic carbocycles. The Morgan fingerprint density at radius 3 is 2.42 bits per heavy atom. The second-order valence-corrected chi connectivity index (χ2v) is 8.33. The zero-order chi connectivity index (χ0) is 18.9. The van der Waals surface area contributed by atoms with Crippen molar-refractivity contribution in [2.45, 2.75) is 11.3 Å². The second kappa shape index (κ2) is 7.18. The molecule has 136 valence electrons. The Balaban J connectivity index is 1.70. The van der Waals surface area contributed by atoms with Crippen molar-refractivity contribution in [2.75, 3.05) is 16.8 Å². The fraction of sp³-hybridized carbons (Fsp3) is 0.176. The highest BCUT2D eigenvalue weighted by Crippen LogP contribution is 2.31. The van der Waals surface area contributed by atoms with E-state index in [-0.39, 0.29) is 29.7 Å². The number of rotatable bonds is 4. The molecule has 3 N–H and O–H groups in total. The van der Waals surface area contributed by atoms with Crippen LogP contribution in [0.2, 0.25) is 0 Å². The van der Waals surface area contributed by atoms with Crippen LogP contribution in [0.15, 0.2) is 57.9 Å². The maximum atomic E-state index is 12.5. The van der Waals surface area contributed by atoms with Crippen LogP contribution >= 0.6 is 15.9 Å². The van der Waals surface area contributed by atoms with Gasteiger partial charge in [-0.15, -0.1) is 0 Å². The SMILES string of the molecule is NS(=O)(=O)c1ccc(NC(=O)C2CC(=O)N(c3ccccc3Br)C2)cc1. The molecule has 2 amide bonds. The molecule has 9 heteroatoms. The maximum Gasteiger partial charge on any atom is 0.238 e. The number of para-hydroxylation sites is 1. The minimum atomic E-state index is -3.78. The molecule has 26 heavy (non-hydrogen) atoms. The lowest BCUT2D eigenvalue weighted by Crippen LogP contribution is -2.28. The fourth-order valence-corrected chi connectivity index (χ4v) is 3.77. The topological polar surface area (TPSA) is 110 Å². The molecule has 0 aromatic heterocycles. The van der Waals surface area contributed by atoms with Gasteiger partial charge in [0.15, 0.2) is 0 Å². The Morgan fingerprint density at radius 1 is 1.15 bits per heavy atom. The molecule has 1 saturated heterocycles. The first-order chi connectivity index (χ1) is 12.3. The van der Waals surface area contributed by atoms with Gasteiger partial charge in [0.25, 0.3) is 0 Å². The van der Waals surface area contributed by atoms with Gasteiger partial charge in [-0.2, -0.15) is 0 Å². The van der Waals surface area contributed by atoms with Crippen LogP contribution < -0.4 is 15.4 Å². The summed E-state index contributed by atoms with van der Waals surface area (Å²) in [6.45, 7) is 0.280. The van der Waals surface area contributed by atoms with Crippen LogP contribution in [-0.2, 0) is 19.6 Å². The quantitative estimate of drug-likeness (QED) is 0.762. The molecule has 0 saturated carbocycles. The second-order valence-electron chi connectivity index (χ2n) is 5.92. The summed E-state index contributed by atoms with van der Waals surface area (Å²) in [6.07, 6.45) is 0.114. The molecule has 1 atom stereocenters. The molecular formula is C17H16BrN3O4S. The molecule has 0 bridgehead atoms. The first-order valence-electron chi connectivity index (χ1n) is 7.74. The van der Waals surface area contributed by atoms with Gasteiger partial charge in [0.05, 0.1) is 16.5 Å². The number of amides is 2. The number of primary sulfonamides is 1. The number of nitrogens with zero attached hydrogens (tertiary/aromatic N) is 1. The Bertz CT molecular complexity index is 960. The number of benzene rings is 2. The van der Waals surface area contributed by atoms with Crippen LogP contribution in [0.3, 0.4) is 0 Å². The van der Waals surface area contributed by atoms with Crippen LogP contribution in [0.1, 0.15) is 6.42 Å². The predicted molar refractivity (Wildman–Crippen MR) is 101 cm³/mol. The van der Waals surface area contributed by atoms with Gasteiger partial charge in [-0.1, -0.05) is 12.1 Å². The third-order valence-electron chi connectivity index (χ3n) is 4.09. The van der Waals surface area contributed by atoms with E-state index in [1.165, 1.54) is 24.3 Å². The molecule has 7 nitrogen and oxygen atoms in total. The number of carbonyl (C=O) groups is 2. The summed E-state index contributed by atoms with van der Waals surface area (Å²) in [5, 5.41) is 7.75. The average molecular weight is 438 g/mol. The van der Waals surface area contributed by atoms with E-state index < -0.39 is 15.9 Å². The zero-order valence-corrected chi connectivity index (χ0v) is 16.0. The molecule has 0 spiro atoms. The number of halogens is 1. The third-order valence-corrected chi connectivity index (χ3v) is 5.69. The van der Waals surface area contributed by atoms with Crippen molar-refractivity contribution in [3.8, 4) is 0 Å². The van der Waals surface area contributed by atoms with Gasteiger partial charge in [0.2, 0.25) is 21.8 Å². The van der Waals surface area contributed by atoms with E-state index in [9.17, 15) is 18.0 Å². The Hall–Kier alpha value is -2.23. The van der Waals surface area contributed by atoms with Crippen LogP contribution in [0, 0.1) is 5.92 Å². The molecule has 3 rings (SSSR count). The van der Waals surface area contributed by atoms with Gasteiger partial charge in [0, 0.05) is 23.1 Å². The number of hydrogen-bond donors (Lipinski definition) is 2. The van der Waals surface area contributed by atoms with Gasteiger partial charge in [-0.3, -0.25) is 9.59 Å². The molecular weight excluding hydrogens is 422 g/mol. The largest absolute Gasteiger partial charge is 0.326 e. The number of carbonyl (C=O) groups excluding carboxylic acids is 2. The molecule has 1 heterocycles. The smallest absolute Gasteiger partial charge is 0.238 e. The van der Waals surface area contributed by atoms with Gasteiger partial charge in [0.1, 0.15) is 0 Å². The van der Waals surface area contributed by atoms with Crippen molar-refractivity contribution < 1.29 is 18.0 Å². The number of nitrogens with two attached hydrogens (primary N) is 1. The fourth-order valence-electron chi connectivity index (χ4n) is 2.76. The van der Waals surface area contributed by atoms with E-state index in [2.05, 4.69) is 21.2 Å². The van der Waals surface area contributed by atoms with Crippen molar-refractivity contribution in [1.82, 2.24) is 0 Å². The Kier molecular flexibility index (Phi) is 5.12. The minimum absolute atomic E-state index is 0.0355. The van der Waals surface area contributed by atoms with Crippen LogP contribution in [0.25, 0.3) is 0 Å². The summed E-state index contributed by atoms with van der Waals surface area (Å²) in [6, 6.07) is 12.9. The number of anilines is 2. The van der Waals surface area contributed by atoms with Crippen molar-refractivity contribution in [3.63, 3.8) is 0 Å². The number of sulfonamides is 1. The summed E-state index contributed by atoms with van der Waals surface area (Å²) < 4.78 is 23.3. The lowest BCUT2D eigenvalue weighted by molar-refractivity contribution is -0.122. The summed E-state index contributed by atoms with van der Waals surface area (Å²) in [7, 11) is -3.78. The number of nitrogens with one attached hydrogen (secondary N) is 1. The highest BCUT2D eigenvalue weighted by Gasteiger charge is 2.35. The molecule has 1 unspecified atom stereocenters. The first-order valence-corrected chi connectivity index (χ1v) is 10.1. The summed E-state index contributed by atoms with van der Waals surface area (Å²) in [5.41, 5.74) is 1.17. The van der Waals surface area contributed by atoms with E-state index >= 15 is 0 Å². The predicted octanol–water partition coefficient (Wildman–Crippen LogP) is 2.09. The van der Waals surface area contributed by atoms with Crippen LogP contribution in [0.4, 0.5) is 11.4 Å². The average Bonchev–Trinajstić information content (AvgIpc) is 2.97. The molecule has 0 radical (unpaired) electrons. The van der Waals surface area contributed by atoms with Gasteiger partial charge >= 0.3 is 0 Å². The highest BCUT2D eigenvalue weighted by molar-refractivity contribution is 9.10. The first kappa shape index (κ1) is 18.6. The molecule has 1 aliphatic heterocycles. The lowest BCUT2D eigenvalue weighted by Gasteiger charge is -2.18. The highest BCUT2D eigenvalue weighted by atomic mass is 79.9. The normalized spacial score (nSPS) is 17.4. The van der Waals surface area contributed by atoms with Crippen molar-refractivity contribution in [3.05, 3.63) is 53.0 Å². The maximum absolute atomic E-state index is 12.5. The van der Waals surface area contributed by atoms with Crippen LogP contribution in [-0.4, -0.2) is 26.8 Å². The molecule has 2 aromatic carbocycles. The third kappa shape index (κ3) is 3.95. The monoisotopic (exact) mass is 437 g/mol. The van der Waals surface area contributed by atoms with E-state index in [4.69, 9.17) is 5.14 Å². The summed E-state index contributed by atoms with van der Waals surface area (Å²) in [4.78, 5) is 26.3. The zero-order valence-electron chi connectivity index (χ0n) is 13.6. The lowest BCUT2D eigenvalue weighted by atomic mass is 10.1. The Labute approximate surface area is 159 Å². The van der Waals surface area contributed by atoms with Gasteiger partial charge in [-0.05, 0) is 52.3 Å². The standard InChI is InChI=1S/C17H16BrN3O4S/c18-14-3-1-2-4-15(14)21-10-11(9-16(21)22)17(23)20-12-5-7-13(8-6-12)26(19,24)25/h1-8,11H,9-10H2,(H,20,23)(H2,19,24,25). The van der Waals surface area contributed by atoms with Crippen LogP contribution in [0.5, 0.6) is 0 Å². The van der Waals surface area contributed by atoms with Gasteiger partial charge in [-0.25, -0.2) is 13.6 Å². The van der Waals surface area contributed by atoms with Gasteiger partial charge < -0.3 is 10.2 Å². The minimum Gasteiger partial charge on any atom is -0.326 e. The van der Waals surface area contributed by atoms with Crippen molar-refractivity contribution in [2.24, 2.45) is 11.1 Å². The van der Waals surface area contributed by atoms with E-state index in [0.29, 0.717) is 5.69 Å². The summed E-state index contributed by atoms with van der Waals surface area (Å²) in [5.74, 6) is -0.912. The molecule has 2 aromatic rings. The number of hydrogen-bond acceptors (Lipinski definition) is 4. The van der Waals surface area contributed by atoms with Crippen molar-refractivity contribution >= 4 is 49.1 Å². The van der Waals surface area contributed by atoms with E-state index in [0.717, 1.165) is 10.2 Å². The molecule has 1 fully saturated rings. The molecule has 1 aliphatic rings. The van der Waals surface area contributed by atoms with E-state index in [1.54, 1.807) is 4.90 Å². The Morgan fingerprint density at radius 2 is 1.81 bits per heavy atom.